The predicted molar refractivity (Wildman–Crippen MR) is 128 cm³/mol. The quantitative estimate of drug-likeness (QED) is 0.390. The summed E-state index contributed by atoms with van der Waals surface area (Å²) < 4.78 is 11.7. The molecule has 0 saturated carbocycles. The molecule has 0 saturated heterocycles. The first kappa shape index (κ1) is 20.6. The highest BCUT2D eigenvalue weighted by molar-refractivity contribution is 6.14. The van der Waals surface area contributed by atoms with E-state index in [-0.39, 0.29) is 33.7 Å². The number of carbonyl (C=O) groups excluding carboxylic acids is 1. The van der Waals surface area contributed by atoms with Crippen molar-refractivity contribution in [1.29, 1.82) is 5.26 Å². The molecule has 35 heavy (non-hydrogen) atoms. The van der Waals surface area contributed by atoms with Gasteiger partial charge in [-0.15, -0.1) is 0 Å². The minimum atomic E-state index is -1.80. The Morgan fingerprint density at radius 2 is 1.86 bits per heavy atom. The minimum absolute atomic E-state index is 0.0179. The highest BCUT2D eigenvalue weighted by Crippen LogP contribution is 2.57. The molecule has 1 amide bonds. The van der Waals surface area contributed by atoms with E-state index in [1.165, 1.54) is 12.1 Å². The Bertz CT molecular complexity index is 1730. The summed E-state index contributed by atoms with van der Waals surface area (Å²) in [5.41, 5.74) is 6.10. The number of ether oxygens (including phenoxy) is 1. The fraction of sp³-hybridized carbons (Fsp3) is 0.0741. The third-order valence-electron chi connectivity index (χ3n) is 6.51. The van der Waals surface area contributed by atoms with Crippen molar-refractivity contribution >= 4 is 22.6 Å². The van der Waals surface area contributed by atoms with Crippen molar-refractivity contribution < 1.29 is 19.1 Å². The SMILES string of the molecule is Cc1ccc2c(c1)C1(C(=O)N2)C(C#N)=C(N)Oc2cc3oc(-c4ccccc4)cc(=O)c3c(O)c21. The van der Waals surface area contributed by atoms with Crippen LogP contribution >= 0.6 is 0 Å². The van der Waals surface area contributed by atoms with Crippen LogP contribution in [0, 0.1) is 18.3 Å². The topological polar surface area (TPSA) is 139 Å². The standard InChI is InChI=1S/C27H17N3O5/c1-13-7-8-17-15(9-13)27(26(33)30-17)16(12-28)25(29)35-21-11-20-22(24(32)23(21)27)18(31)10-19(34-20)14-5-3-2-4-6-14/h2-11,32H,29H2,1H3,(H,30,33). The number of nitrogens with one attached hydrogen (secondary N) is 1. The van der Waals surface area contributed by atoms with Gasteiger partial charge in [0.2, 0.25) is 11.8 Å². The summed E-state index contributed by atoms with van der Waals surface area (Å²) in [6.45, 7) is 1.84. The van der Waals surface area contributed by atoms with Crippen molar-refractivity contribution in [2.24, 2.45) is 5.73 Å². The summed E-state index contributed by atoms with van der Waals surface area (Å²) >= 11 is 0. The van der Waals surface area contributed by atoms with Gasteiger partial charge < -0.3 is 25.3 Å². The molecule has 0 radical (unpaired) electrons. The van der Waals surface area contributed by atoms with Crippen LogP contribution in [0.1, 0.15) is 16.7 Å². The molecule has 1 spiro atoms. The molecule has 8 heteroatoms. The molecule has 1 aromatic heterocycles. The molecular weight excluding hydrogens is 446 g/mol. The average Bonchev–Trinajstić information content (AvgIpc) is 3.10. The number of anilines is 1. The Hall–Kier alpha value is -5.03. The number of fused-ring (bicyclic) bond motifs is 5. The number of aromatic hydroxyl groups is 1. The first-order chi connectivity index (χ1) is 16.9. The maximum Gasteiger partial charge on any atom is 0.245 e. The van der Waals surface area contributed by atoms with Gasteiger partial charge in [-0.2, -0.15) is 5.26 Å². The molecule has 0 bridgehead atoms. The lowest BCUT2D eigenvalue weighted by Gasteiger charge is -2.34. The number of phenols is 1. The summed E-state index contributed by atoms with van der Waals surface area (Å²) in [4.78, 5) is 26.8. The van der Waals surface area contributed by atoms with Crippen LogP contribution in [-0.4, -0.2) is 11.0 Å². The number of aryl methyl sites for hydroxylation is 1. The van der Waals surface area contributed by atoms with Gasteiger partial charge in [-0.25, -0.2) is 0 Å². The number of hydrogen-bond acceptors (Lipinski definition) is 7. The lowest BCUT2D eigenvalue weighted by molar-refractivity contribution is -0.118. The molecule has 1 unspecified atom stereocenters. The third kappa shape index (κ3) is 2.60. The largest absolute Gasteiger partial charge is 0.507 e. The summed E-state index contributed by atoms with van der Waals surface area (Å²) in [7, 11) is 0. The van der Waals surface area contributed by atoms with E-state index in [4.69, 9.17) is 14.9 Å². The zero-order valence-electron chi connectivity index (χ0n) is 18.4. The number of carbonyl (C=O) groups is 1. The summed E-state index contributed by atoms with van der Waals surface area (Å²) in [5, 5.41) is 24.2. The number of rotatable bonds is 1. The molecule has 3 aromatic carbocycles. The van der Waals surface area contributed by atoms with Crippen molar-refractivity contribution in [3.05, 3.63) is 99.0 Å². The molecule has 2 aliphatic rings. The van der Waals surface area contributed by atoms with Gasteiger partial charge in [0, 0.05) is 28.9 Å². The minimum Gasteiger partial charge on any atom is -0.507 e. The number of nitrogens with two attached hydrogens (primary N) is 1. The van der Waals surface area contributed by atoms with Gasteiger partial charge in [0.15, 0.2) is 5.43 Å². The van der Waals surface area contributed by atoms with Crippen LogP contribution < -0.4 is 21.2 Å². The molecule has 0 fully saturated rings. The predicted octanol–water partition coefficient (Wildman–Crippen LogP) is 3.80. The van der Waals surface area contributed by atoms with Gasteiger partial charge in [-0.3, -0.25) is 9.59 Å². The normalized spacial score (nSPS) is 18.1. The average molecular weight is 463 g/mol. The number of benzene rings is 3. The fourth-order valence-electron chi connectivity index (χ4n) is 5.00. The van der Waals surface area contributed by atoms with E-state index >= 15 is 0 Å². The van der Waals surface area contributed by atoms with E-state index in [1.807, 2.05) is 37.3 Å². The van der Waals surface area contributed by atoms with E-state index in [1.54, 1.807) is 24.3 Å². The Labute approximate surface area is 198 Å². The van der Waals surface area contributed by atoms with Crippen LogP contribution in [0.5, 0.6) is 11.5 Å². The maximum atomic E-state index is 13.6. The van der Waals surface area contributed by atoms with Gasteiger partial charge in [0.1, 0.15) is 45.3 Å². The molecule has 8 nitrogen and oxygen atoms in total. The van der Waals surface area contributed by atoms with Crippen LogP contribution in [-0.2, 0) is 10.2 Å². The molecule has 3 heterocycles. The molecule has 0 aliphatic carbocycles. The second-order valence-corrected chi connectivity index (χ2v) is 8.52. The van der Waals surface area contributed by atoms with Crippen LogP contribution in [0.4, 0.5) is 5.69 Å². The van der Waals surface area contributed by atoms with Gasteiger partial charge in [-0.05, 0) is 13.0 Å². The van der Waals surface area contributed by atoms with E-state index < -0.39 is 22.5 Å². The van der Waals surface area contributed by atoms with Crippen molar-refractivity contribution in [3.8, 4) is 28.9 Å². The molecule has 2 aliphatic heterocycles. The number of amides is 1. The Kier molecular flexibility index (Phi) is 4.10. The first-order valence-electron chi connectivity index (χ1n) is 10.8. The van der Waals surface area contributed by atoms with Crippen molar-refractivity contribution in [2.45, 2.75) is 12.3 Å². The van der Waals surface area contributed by atoms with Gasteiger partial charge >= 0.3 is 0 Å². The highest BCUT2D eigenvalue weighted by atomic mass is 16.5. The van der Waals surface area contributed by atoms with Gasteiger partial charge in [0.05, 0.1) is 5.56 Å². The molecule has 170 valence electrons. The smallest absolute Gasteiger partial charge is 0.245 e. The van der Waals surface area contributed by atoms with E-state index in [0.29, 0.717) is 22.6 Å². The number of hydrogen-bond donors (Lipinski definition) is 3. The maximum absolute atomic E-state index is 13.6. The number of nitriles is 1. The highest BCUT2D eigenvalue weighted by Gasteiger charge is 2.58. The second-order valence-electron chi connectivity index (χ2n) is 8.52. The molecule has 1 atom stereocenters. The fourth-order valence-corrected chi connectivity index (χ4v) is 5.00. The summed E-state index contributed by atoms with van der Waals surface area (Å²) in [6.07, 6.45) is 0. The molecule has 6 rings (SSSR count). The monoisotopic (exact) mass is 463 g/mol. The van der Waals surface area contributed by atoms with Crippen molar-refractivity contribution in [3.63, 3.8) is 0 Å². The van der Waals surface area contributed by atoms with Crippen LogP contribution in [0.3, 0.4) is 0 Å². The van der Waals surface area contributed by atoms with Crippen molar-refractivity contribution in [1.82, 2.24) is 0 Å². The van der Waals surface area contributed by atoms with Gasteiger partial charge in [-0.1, -0.05) is 48.0 Å². The number of phenolic OH excluding ortho intramolecular Hbond substituents is 1. The Balaban J connectivity index is 1.73. The lowest BCUT2D eigenvalue weighted by Crippen LogP contribution is -2.42. The Morgan fingerprint density at radius 1 is 1.09 bits per heavy atom. The van der Waals surface area contributed by atoms with Crippen molar-refractivity contribution in [2.75, 3.05) is 5.32 Å². The lowest BCUT2D eigenvalue weighted by atomic mass is 9.68. The zero-order chi connectivity index (χ0) is 24.5. The third-order valence-corrected chi connectivity index (χ3v) is 6.51. The number of nitrogens with zero attached hydrogens (tertiary/aromatic N) is 1. The van der Waals surface area contributed by atoms with Gasteiger partial charge in [0.25, 0.3) is 0 Å². The van der Waals surface area contributed by atoms with E-state index in [9.17, 15) is 20.0 Å². The van der Waals surface area contributed by atoms with E-state index in [2.05, 4.69) is 5.32 Å². The second kappa shape index (κ2) is 6.98. The summed E-state index contributed by atoms with van der Waals surface area (Å²) in [5.74, 6) is -1.04. The van der Waals surface area contributed by atoms with E-state index in [0.717, 1.165) is 5.56 Å². The zero-order valence-corrected chi connectivity index (χ0v) is 18.4. The molecule has 4 aromatic rings. The summed E-state index contributed by atoms with van der Waals surface area (Å²) in [6, 6.07) is 19.0. The Morgan fingerprint density at radius 3 is 2.60 bits per heavy atom. The molecular formula is C27H17N3O5. The van der Waals surface area contributed by atoms with Crippen LogP contribution in [0.25, 0.3) is 22.3 Å². The van der Waals surface area contributed by atoms with Crippen LogP contribution in [0.2, 0.25) is 0 Å². The molecule has 4 N–H and O–H groups in total. The van der Waals surface area contributed by atoms with Crippen LogP contribution in [0.15, 0.2) is 81.3 Å². The first-order valence-corrected chi connectivity index (χ1v) is 10.8.